The normalized spacial score (nSPS) is 23.9. The molecule has 1 fully saturated rings. The molecule has 0 spiro atoms. The minimum atomic E-state index is 0.597. The third-order valence-corrected chi connectivity index (χ3v) is 3.59. The van der Waals surface area contributed by atoms with Gasteiger partial charge in [0.1, 0.15) is 5.82 Å². The Morgan fingerprint density at radius 3 is 2.78 bits per heavy atom. The molecule has 0 saturated carbocycles. The van der Waals surface area contributed by atoms with Crippen molar-refractivity contribution < 1.29 is 0 Å². The summed E-state index contributed by atoms with van der Waals surface area (Å²) in [4.78, 5) is 13.6. The lowest BCUT2D eigenvalue weighted by Crippen LogP contribution is -2.34. The van der Waals surface area contributed by atoms with Crippen molar-refractivity contribution in [2.45, 2.75) is 19.5 Å². The second kappa shape index (κ2) is 5.63. The molecule has 2 heterocycles. The minimum Gasteiger partial charge on any atom is -0.353 e. The maximum Gasteiger partial charge on any atom is 0.147 e. The van der Waals surface area contributed by atoms with E-state index in [4.69, 9.17) is 0 Å². The standard InChI is InChI=1S/C13H23N5/c1-10-8-18(9-12(10)17(3)4)13-7-15-6-11(16-13)5-14-2/h6-7,10,12,14H,5,8-9H2,1-4H3. The molecule has 18 heavy (non-hydrogen) atoms. The number of likely N-dealkylation sites (N-methyl/N-ethyl adjacent to an activating group) is 1. The summed E-state index contributed by atoms with van der Waals surface area (Å²) in [6.07, 6.45) is 3.69. The molecule has 1 aliphatic heterocycles. The summed E-state index contributed by atoms with van der Waals surface area (Å²) in [5.41, 5.74) is 0.996. The zero-order chi connectivity index (χ0) is 13.1. The molecule has 100 valence electrons. The summed E-state index contributed by atoms with van der Waals surface area (Å²) in [6, 6.07) is 0.597. The summed E-state index contributed by atoms with van der Waals surface area (Å²) < 4.78 is 0. The van der Waals surface area contributed by atoms with Crippen molar-refractivity contribution in [2.75, 3.05) is 39.1 Å². The van der Waals surface area contributed by atoms with Gasteiger partial charge in [-0.15, -0.1) is 0 Å². The average Bonchev–Trinajstić information content (AvgIpc) is 2.72. The molecule has 2 atom stereocenters. The number of hydrogen-bond acceptors (Lipinski definition) is 5. The van der Waals surface area contributed by atoms with Crippen LogP contribution in [0.5, 0.6) is 0 Å². The van der Waals surface area contributed by atoms with Gasteiger partial charge in [0.2, 0.25) is 0 Å². The number of anilines is 1. The lowest BCUT2D eigenvalue weighted by molar-refractivity contribution is 0.266. The molecule has 0 radical (unpaired) electrons. The third kappa shape index (κ3) is 2.79. The maximum atomic E-state index is 4.66. The number of hydrogen-bond donors (Lipinski definition) is 1. The highest BCUT2D eigenvalue weighted by atomic mass is 15.3. The molecule has 5 nitrogen and oxygen atoms in total. The van der Waals surface area contributed by atoms with Crippen molar-refractivity contribution in [3.8, 4) is 0 Å². The van der Waals surface area contributed by atoms with Crippen LogP contribution in [-0.4, -0.2) is 55.1 Å². The first kappa shape index (κ1) is 13.2. The van der Waals surface area contributed by atoms with Gasteiger partial charge in [0.25, 0.3) is 0 Å². The largest absolute Gasteiger partial charge is 0.353 e. The van der Waals surface area contributed by atoms with Gasteiger partial charge in [-0.25, -0.2) is 4.98 Å². The Morgan fingerprint density at radius 2 is 2.17 bits per heavy atom. The van der Waals surface area contributed by atoms with Gasteiger partial charge in [0.15, 0.2) is 0 Å². The van der Waals surface area contributed by atoms with Gasteiger partial charge in [-0.05, 0) is 27.1 Å². The first-order chi connectivity index (χ1) is 8.61. The molecule has 1 saturated heterocycles. The van der Waals surface area contributed by atoms with Crippen LogP contribution in [0.3, 0.4) is 0 Å². The molecule has 0 aromatic carbocycles. The van der Waals surface area contributed by atoms with E-state index in [1.807, 2.05) is 19.4 Å². The Morgan fingerprint density at radius 1 is 1.39 bits per heavy atom. The van der Waals surface area contributed by atoms with E-state index in [-0.39, 0.29) is 0 Å². The van der Waals surface area contributed by atoms with E-state index < -0.39 is 0 Å². The molecule has 0 bridgehead atoms. The Hall–Kier alpha value is -1.20. The van der Waals surface area contributed by atoms with Gasteiger partial charge in [-0.3, -0.25) is 4.98 Å². The Kier molecular flexibility index (Phi) is 4.14. The van der Waals surface area contributed by atoms with Crippen molar-refractivity contribution in [1.82, 2.24) is 20.2 Å². The van der Waals surface area contributed by atoms with Crippen molar-refractivity contribution in [3.05, 3.63) is 18.1 Å². The van der Waals surface area contributed by atoms with Crippen molar-refractivity contribution >= 4 is 5.82 Å². The van der Waals surface area contributed by atoms with Gasteiger partial charge >= 0.3 is 0 Å². The minimum absolute atomic E-state index is 0.597. The fraction of sp³-hybridized carbons (Fsp3) is 0.692. The van der Waals surface area contributed by atoms with Crippen molar-refractivity contribution in [3.63, 3.8) is 0 Å². The van der Waals surface area contributed by atoms with E-state index in [0.717, 1.165) is 31.1 Å². The highest BCUT2D eigenvalue weighted by Crippen LogP contribution is 2.24. The zero-order valence-corrected chi connectivity index (χ0v) is 11.7. The summed E-state index contributed by atoms with van der Waals surface area (Å²) in [5, 5.41) is 3.11. The highest BCUT2D eigenvalue weighted by Gasteiger charge is 2.31. The second-order valence-corrected chi connectivity index (χ2v) is 5.31. The van der Waals surface area contributed by atoms with Gasteiger partial charge in [-0.1, -0.05) is 6.92 Å². The Labute approximate surface area is 109 Å². The van der Waals surface area contributed by atoms with Crippen LogP contribution >= 0.6 is 0 Å². The lowest BCUT2D eigenvalue weighted by Gasteiger charge is -2.22. The van der Waals surface area contributed by atoms with E-state index in [1.54, 1.807) is 0 Å². The first-order valence-corrected chi connectivity index (χ1v) is 6.48. The predicted molar refractivity (Wildman–Crippen MR) is 73.6 cm³/mol. The van der Waals surface area contributed by atoms with Crippen LogP contribution in [0.25, 0.3) is 0 Å². The van der Waals surface area contributed by atoms with Crippen LogP contribution in [0, 0.1) is 5.92 Å². The average molecular weight is 249 g/mol. The monoisotopic (exact) mass is 249 g/mol. The molecule has 1 aromatic heterocycles. The molecular formula is C13H23N5. The lowest BCUT2D eigenvalue weighted by atomic mass is 10.1. The third-order valence-electron chi connectivity index (χ3n) is 3.59. The smallest absolute Gasteiger partial charge is 0.147 e. The van der Waals surface area contributed by atoms with Crippen molar-refractivity contribution in [2.24, 2.45) is 5.92 Å². The molecule has 0 aliphatic carbocycles. The summed E-state index contributed by atoms with van der Waals surface area (Å²) in [7, 11) is 6.22. The molecule has 0 amide bonds. The van der Waals surface area contributed by atoms with E-state index in [1.165, 1.54) is 0 Å². The second-order valence-electron chi connectivity index (χ2n) is 5.31. The fourth-order valence-electron chi connectivity index (χ4n) is 2.62. The van der Waals surface area contributed by atoms with E-state index in [2.05, 4.69) is 46.1 Å². The number of nitrogens with one attached hydrogen (secondary N) is 1. The zero-order valence-electron chi connectivity index (χ0n) is 11.7. The van der Waals surface area contributed by atoms with Crippen LogP contribution in [0.4, 0.5) is 5.82 Å². The van der Waals surface area contributed by atoms with Crippen LogP contribution in [0.2, 0.25) is 0 Å². The topological polar surface area (TPSA) is 44.3 Å². The van der Waals surface area contributed by atoms with Crippen LogP contribution in [0.1, 0.15) is 12.6 Å². The quantitative estimate of drug-likeness (QED) is 0.846. The molecule has 5 heteroatoms. The summed E-state index contributed by atoms with van der Waals surface area (Å²) >= 11 is 0. The highest BCUT2D eigenvalue weighted by molar-refractivity contribution is 5.38. The van der Waals surface area contributed by atoms with E-state index in [0.29, 0.717) is 12.0 Å². The number of nitrogens with zero attached hydrogens (tertiary/aromatic N) is 4. The van der Waals surface area contributed by atoms with E-state index in [9.17, 15) is 0 Å². The van der Waals surface area contributed by atoms with Gasteiger partial charge < -0.3 is 15.1 Å². The van der Waals surface area contributed by atoms with E-state index >= 15 is 0 Å². The van der Waals surface area contributed by atoms with Crippen LogP contribution < -0.4 is 10.2 Å². The van der Waals surface area contributed by atoms with Gasteiger partial charge in [0.05, 0.1) is 11.9 Å². The Bertz CT molecular complexity index is 393. The maximum absolute atomic E-state index is 4.66. The SMILES string of the molecule is CNCc1cncc(N2CC(C)C(N(C)C)C2)n1. The number of aromatic nitrogens is 2. The molecule has 1 aromatic rings. The molecule has 1 aliphatic rings. The van der Waals surface area contributed by atoms with Crippen LogP contribution in [0.15, 0.2) is 12.4 Å². The number of rotatable bonds is 4. The van der Waals surface area contributed by atoms with Crippen molar-refractivity contribution in [1.29, 1.82) is 0 Å². The van der Waals surface area contributed by atoms with Gasteiger partial charge in [0, 0.05) is 31.9 Å². The fourth-order valence-corrected chi connectivity index (χ4v) is 2.62. The molecule has 2 unspecified atom stereocenters. The summed E-state index contributed by atoms with van der Waals surface area (Å²) in [6.45, 7) is 5.16. The molecular weight excluding hydrogens is 226 g/mol. The summed E-state index contributed by atoms with van der Waals surface area (Å²) in [5.74, 6) is 1.66. The first-order valence-electron chi connectivity index (χ1n) is 6.48. The molecule has 1 N–H and O–H groups in total. The Balaban J connectivity index is 2.11. The predicted octanol–water partition coefficient (Wildman–Crippen LogP) is 0.582. The molecule has 2 rings (SSSR count). The van der Waals surface area contributed by atoms with Gasteiger partial charge in [-0.2, -0.15) is 0 Å². The van der Waals surface area contributed by atoms with Crippen LogP contribution in [-0.2, 0) is 6.54 Å².